The molecule has 0 spiro atoms. The third kappa shape index (κ3) is 3.95. The van der Waals surface area contributed by atoms with Gasteiger partial charge in [-0.2, -0.15) is 0 Å². The Morgan fingerprint density at radius 2 is 2.22 bits per heavy atom. The second kappa shape index (κ2) is 6.90. The number of aliphatic carboxylic acids is 1. The Labute approximate surface area is 108 Å². The van der Waals surface area contributed by atoms with Gasteiger partial charge >= 0.3 is 12.0 Å². The van der Waals surface area contributed by atoms with Crippen molar-refractivity contribution in [2.24, 2.45) is 5.92 Å². The number of nitrogens with zero attached hydrogens (tertiary/aromatic N) is 1. The van der Waals surface area contributed by atoms with Gasteiger partial charge in [0.25, 0.3) is 0 Å². The van der Waals surface area contributed by atoms with Gasteiger partial charge in [-0.05, 0) is 25.7 Å². The van der Waals surface area contributed by atoms with Crippen LogP contribution in [0, 0.1) is 18.3 Å². The van der Waals surface area contributed by atoms with Crippen LogP contribution in [0.4, 0.5) is 4.79 Å². The zero-order valence-corrected chi connectivity index (χ0v) is 10.7. The first-order valence-corrected chi connectivity index (χ1v) is 6.30. The van der Waals surface area contributed by atoms with Crippen LogP contribution in [-0.2, 0) is 4.79 Å². The van der Waals surface area contributed by atoms with E-state index in [0.717, 1.165) is 12.8 Å². The van der Waals surface area contributed by atoms with Crippen molar-refractivity contribution in [1.82, 2.24) is 10.2 Å². The molecule has 0 aromatic heterocycles. The zero-order valence-electron chi connectivity index (χ0n) is 10.7. The number of hydrogen-bond acceptors (Lipinski definition) is 2. The summed E-state index contributed by atoms with van der Waals surface area (Å²) in [7, 11) is 0. The topological polar surface area (TPSA) is 69.6 Å². The highest BCUT2D eigenvalue weighted by Crippen LogP contribution is 2.25. The Kier molecular flexibility index (Phi) is 5.50. The number of carbonyl (C=O) groups is 2. The Balaban J connectivity index is 2.44. The molecule has 0 saturated heterocycles. The number of hydrogen-bond donors (Lipinski definition) is 2. The third-order valence-corrected chi connectivity index (χ3v) is 3.17. The van der Waals surface area contributed by atoms with Gasteiger partial charge in [0.05, 0.1) is 12.5 Å². The first-order chi connectivity index (χ1) is 8.58. The lowest BCUT2D eigenvalue weighted by atomic mass is 10.1. The summed E-state index contributed by atoms with van der Waals surface area (Å²) >= 11 is 0. The Bertz CT molecular complexity index is 349. The van der Waals surface area contributed by atoms with E-state index in [2.05, 4.69) is 11.2 Å². The number of rotatable bonds is 5. The van der Waals surface area contributed by atoms with Gasteiger partial charge in [0.1, 0.15) is 0 Å². The highest BCUT2D eigenvalue weighted by molar-refractivity contribution is 5.75. The van der Waals surface area contributed by atoms with Crippen LogP contribution in [0.25, 0.3) is 0 Å². The molecule has 0 bridgehead atoms. The first kappa shape index (κ1) is 14.4. The van der Waals surface area contributed by atoms with Gasteiger partial charge in [0, 0.05) is 12.6 Å². The summed E-state index contributed by atoms with van der Waals surface area (Å²) in [6.45, 7) is 2.88. The van der Waals surface area contributed by atoms with Crippen LogP contribution in [0.1, 0.15) is 32.6 Å². The van der Waals surface area contributed by atoms with Gasteiger partial charge in [-0.25, -0.2) is 4.79 Å². The molecule has 1 saturated carbocycles. The largest absolute Gasteiger partial charge is 0.481 e. The number of urea groups is 1. The summed E-state index contributed by atoms with van der Waals surface area (Å²) in [6, 6.07) is -0.235. The van der Waals surface area contributed by atoms with Crippen molar-refractivity contribution in [3.8, 4) is 12.3 Å². The number of amides is 2. The molecule has 2 atom stereocenters. The van der Waals surface area contributed by atoms with Crippen LogP contribution in [0.3, 0.4) is 0 Å². The summed E-state index contributed by atoms with van der Waals surface area (Å²) in [5, 5.41) is 11.8. The van der Waals surface area contributed by atoms with Gasteiger partial charge in [-0.3, -0.25) is 4.79 Å². The van der Waals surface area contributed by atoms with E-state index in [1.165, 1.54) is 0 Å². The fourth-order valence-corrected chi connectivity index (χ4v) is 2.24. The van der Waals surface area contributed by atoms with Crippen LogP contribution < -0.4 is 5.32 Å². The number of carbonyl (C=O) groups excluding carboxylic acids is 1. The minimum atomic E-state index is -0.777. The molecule has 18 heavy (non-hydrogen) atoms. The maximum absolute atomic E-state index is 11.9. The van der Waals surface area contributed by atoms with Crippen LogP contribution in [0.15, 0.2) is 0 Å². The van der Waals surface area contributed by atoms with Gasteiger partial charge < -0.3 is 15.3 Å². The summed E-state index contributed by atoms with van der Waals surface area (Å²) in [6.07, 6.45) is 7.92. The zero-order chi connectivity index (χ0) is 13.5. The molecule has 0 aliphatic heterocycles. The van der Waals surface area contributed by atoms with Crippen molar-refractivity contribution in [2.45, 2.75) is 38.6 Å². The monoisotopic (exact) mass is 252 g/mol. The number of nitrogens with one attached hydrogen (secondary N) is 1. The summed E-state index contributed by atoms with van der Waals surface area (Å²) in [5.74, 6) is 1.35. The molecule has 100 valence electrons. The molecule has 1 fully saturated rings. The second-order valence-corrected chi connectivity index (χ2v) is 4.62. The predicted octanol–water partition coefficient (Wildman–Crippen LogP) is 1.29. The normalized spacial score (nSPS) is 22.2. The molecule has 2 unspecified atom stereocenters. The summed E-state index contributed by atoms with van der Waals surface area (Å²) < 4.78 is 0. The van der Waals surface area contributed by atoms with E-state index >= 15 is 0 Å². The lowest BCUT2D eigenvalue weighted by Gasteiger charge is -2.22. The minimum Gasteiger partial charge on any atom is -0.481 e. The lowest BCUT2D eigenvalue weighted by molar-refractivity contribution is -0.141. The van der Waals surface area contributed by atoms with E-state index in [1.807, 2.05) is 6.92 Å². The molecular formula is C13H20N2O3. The fourth-order valence-electron chi connectivity index (χ4n) is 2.24. The molecule has 0 radical (unpaired) electrons. The van der Waals surface area contributed by atoms with Crippen molar-refractivity contribution < 1.29 is 14.7 Å². The Morgan fingerprint density at radius 3 is 2.72 bits per heavy atom. The molecule has 2 N–H and O–H groups in total. The van der Waals surface area contributed by atoms with Crippen LogP contribution in [0.2, 0.25) is 0 Å². The molecule has 1 rings (SSSR count). The van der Waals surface area contributed by atoms with Crippen LogP contribution in [-0.4, -0.2) is 41.1 Å². The van der Waals surface area contributed by atoms with Crippen molar-refractivity contribution in [3.05, 3.63) is 0 Å². The summed E-state index contributed by atoms with van der Waals surface area (Å²) in [5.41, 5.74) is 0. The quantitative estimate of drug-likeness (QED) is 0.724. The molecule has 1 aliphatic carbocycles. The molecular weight excluding hydrogens is 232 g/mol. The van der Waals surface area contributed by atoms with Crippen molar-refractivity contribution >= 4 is 12.0 Å². The fraction of sp³-hybridized carbons (Fsp3) is 0.692. The molecule has 5 heteroatoms. The molecule has 1 aliphatic rings. The van der Waals surface area contributed by atoms with Gasteiger partial charge in [0.15, 0.2) is 0 Å². The third-order valence-electron chi connectivity index (χ3n) is 3.17. The van der Waals surface area contributed by atoms with Gasteiger partial charge in [-0.15, -0.1) is 6.42 Å². The van der Waals surface area contributed by atoms with Crippen molar-refractivity contribution in [1.29, 1.82) is 0 Å². The van der Waals surface area contributed by atoms with E-state index in [9.17, 15) is 9.59 Å². The molecule has 0 heterocycles. The standard InChI is InChI=1S/C13H20N2O3/c1-3-7-15(8-4-2)13(18)14-11-6-5-10(9-11)12(16)17/h1,10-11H,4-9H2,2H3,(H,14,18)(H,16,17). The number of carboxylic acids is 1. The Morgan fingerprint density at radius 1 is 1.50 bits per heavy atom. The maximum Gasteiger partial charge on any atom is 0.318 e. The maximum atomic E-state index is 11.9. The average Bonchev–Trinajstić information content (AvgIpc) is 2.77. The number of carboxylic acid groups (broad SMARTS) is 1. The van der Waals surface area contributed by atoms with Gasteiger partial charge in [-0.1, -0.05) is 12.8 Å². The van der Waals surface area contributed by atoms with E-state index in [-0.39, 0.29) is 24.5 Å². The molecule has 0 aromatic carbocycles. The first-order valence-electron chi connectivity index (χ1n) is 6.30. The van der Waals surface area contributed by atoms with E-state index in [4.69, 9.17) is 11.5 Å². The Hall–Kier alpha value is -1.70. The van der Waals surface area contributed by atoms with Gasteiger partial charge in [0.2, 0.25) is 0 Å². The van der Waals surface area contributed by atoms with Crippen LogP contribution >= 0.6 is 0 Å². The molecule has 2 amide bonds. The summed E-state index contributed by atoms with van der Waals surface area (Å²) in [4.78, 5) is 24.3. The van der Waals surface area contributed by atoms with E-state index in [0.29, 0.717) is 19.4 Å². The second-order valence-electron chi connectivity index (χ2n) is 4.62. The van der Waals surface area contributed by atoms with Crippen LogP contribution in [0.5, 0.6) is 0 Å². The smallest absolute Gasteiger partial charge is 0.318 e. The average molecular weight is 252 g/mol. The molecule has 5 nitrogen and oxygen atoms in total. The highest BCUT2D eigenvalue weighted by Gasteiger charge is 2.31. The van der Waals surface area contributed by atoms with E-state index < -0.39 is 5.97 Å². The highest BCUT2D eigenvalue weighted by atomic mass is 16.4. The lowest BCUT2D eigenvalue weighted by Crippen LogP contribution is -2.44. The van der Waals surface area contributed by atoms with E-state index in [1.54, 1.807) is 4.90 Å². The number of terminal acetylenes is 1. The predicted molar refractivity (Wildman–Crippen MR) is 68.0 cm³/mol. The minimum absolute atomic E-state index is 0.0456. The van der Waals surface area contributed by atoms with Crippen molar-refractivity contribution in [2.75, 3.05) is 13.1 Å². The SMILES string of the molecule is C#CCN(CCC)C(=O)NC1CCC(C(=O)O)C1. The van der Waals surface area contributed by atoms with Crippen molar-refractivity contribution in [3.63, 3.8) is 0 Å². The molecule has 0 aromatic rings.